The first-order valence-corrected chi connectivity index (χ1v) is 16.1. The highest BCUT2D eigenvalue weighted by Crippen LogP contribution is 2.38. The number of allylic oxidation sites excluding steroid dienone is 1. The summed E-state index contributed by atoms with van der Waals surface area (Å²) in [6.45, 7) is 0.589. The van der Waals surface area contributed by atoms with Gasteiger partial charge in [-0.1, -0.05) is 176 Å². The standard InChI is InChI=1S/C45H36N2/c46-43(31-44(39-17-8-3-9-18-39)47-32-35-14-6-2-7-15-35)38-26-24-37(25-27-38)42-29-28-36-16-10-11-19-41(36)45(42)40-22-20-34(21-23-40)30-33-12-4-1-5-13-33/h1-29,31H,30,32,46H2/b43-31-,47-44+. The number of aliphatic imine (C=N–C) groups is 1. The summed E-state index contributed by atoms with van der Waals surface area (Å²) >= 11 is 0. The predicted octanol–water partition coefficient (Wildman–Crippen LogP) is 10.8. The fraction of sp³-hybridized carbons (Fsp3) is 0.0444. The average Bonchev–Trinajstić information content (AvgIpc) is 3.14. The third-order valence-electron chi connectivity index (χ3n) is 8.59. The van der Waals surface area contributed by atoms with Gasteiger partial charge in [0.2, 0.25) is 0 Å². The van der Waals surface area contributed by atoms with Crippen molar-refractivity contribution >= 4 is 22.2 Å². The predicted molar refractivity (Wildman–Crippen MR) is 199 cm³/mol. The largest absolute Gasteiger partial charge is 0.398 e. The van der Waals surface area contributed by atoms with Crippen LogP contribution in [0.5, 0.6) is 0 Å². The van der Waals surface area contributed by atoms with Gasteiger partial charge in [0.05, 0.1) is 12.3 Å². The molecule has 7 aromatic carbocycles. The van der Waals surface area contributed by atoms with Crippen LogP contribution in [0.2, 0.25) is 0 Å². The molecule has 0 spiro atoms. The summed E-state index contributed by atoms with van der Waals surface area (Å²) in [7, 11) is 0. The van der Waals surface area contributed by atoms with Crippen molar-refractivity contribution in [3.8, 4) is 22.3 Å². The molecule has 2 nitrogen and oxygen atoms in total. The number of rotatable bonds is 9. The van der Waals surface area contributed by atoms with Gasteiger partial charge in [-0.15, -0.1) is 0 Å². The number of hydrogen-bond donors (Lipinski definition) is 1. The SMILES string of the molecule is N/C(=C\C(=N/Cc1ccccc1)c1ccccc1)c1ccc(-c2ccc3ccccc3c2-c2ccc(Cc3ccccc3)cc2)cc1. The molecule has 0 aliphatic rings. The zero-order chi connectivity index (χ0) is 31.8. The fourth-order valence-corrected chi connectivity index (χ4v) is 6.11. The van der Waals surface area contributed by atoms with Gasteiger partial charge in [-0.3, -0.25) is 4.99 Å². The molecule has 7 rings (SSSR count). The van der Waals surface area contributed by atoms with Crippen molar-refractivity contribution in [2.24, 2.45) is 10.7 Å². The van der Waals surface area contributed by atoms with Crippen molar-refractivity contribution in [2.45, 2.75) is 13.0 Å². The lowest BCUT2D eigenvalue weighted by atomic mass is 9.89. The van der Waals surface area contributed by atoms with Crippen molar-refractivity contribution in [3.05, 3.63) is 210 Å². The van der Waals surface area contributed by atoms with Crippen LogP contribution in [0.15, 0.2) is 187 Å². The van der Waals surface area contributed by atoms with Crippen LogP contribution in [0.1, 0.15) is 27.8 Å². The summed E-state index contributed by atoms with van der Waals surface area (Å²) in [6.07, 6.45) is 2.91. The van der Waals surface area contributed by atoms with Gasteiger partial charge in [-0.2, -0.15) is 0 Å². The van der Waals surface area contributed by atoms with E-state index in [1.54, 1.807) is 0 Å². The Morgan fingerprint density at radius 3 is 1.77 bits per heavy atom. The van der Waals surface area contributed by atoms with Gasteiger partial charge in [-0.25, -0.2) is 0 Å². The third kappa shape index (κ3) is 6.98. The Morgan fingerprint density at radius 2 is 1.06 bits per heavy atom. The van der Waals surface area contributed by atoms with Crippen LogP contribution in [0.25, 0.3) is 38.7 Å². The molecule has 0 atom stereocenters. The molecule has 47 heavy (non-hydrogen) atoms. The first-order chi connectivity index (χ1) is 23.2. The van der Waals surface area contributed by atoms with Crippen molar-refractivity contribution in [1.29, 1.82) is 0 Å². The second-order valence-electron chi connectivity index (χ2n) is 11.8. The number of benzene rings is 7. The summed E-state index contributed by atoms with van der Waals surface area (Å²) in [5.74, 6) is 0. The minimum Gasteiger partial charge on any atom is -0.398 e. The topological polar surface area (TPSA) is 38.4 Å². The average molecular weight is 605 g/mol. The van der Waals surface area contributed by atoms with E-state index in [9.17, 15) is 0 Å². The van der Waals surface area contributed by atoms with E-state index in [0.717, 1.165) is 34.4 Å². The summed E-state index contributed by atoms with van der Waals surface area (Å²) in [5, 5.41) is 2.47. The molecular formula is C45H36N2. The molecule has 0 aliphatic carbocycles. The zero-order valence-corrected chi connectivity index (χ0v) is 26.3. The second kappa shape index (κ2) is 14.0. The molecule has 0 bridgehead atoms. The van der Waals surface area contributed by atoms with Gasteiger partial charge < -0.3 is 5.73 Å². The Labute approximate surface area is 277 Å². The maximum absolute atomic E-state index is 6.74. The molecule has 0 amide bonds. The van der Waals surface area contributed by atoms with Crippen LogP contribution in [0, 0.1) is 0 Å². The number of nitrogens with two attached hydrogens (primary N) is 1. The molecule has 0 heterocycles. The van der Waals surface area contributed by atoms with Crippen molar-refractivity contribution in [1.82, 2.24) is 0 Å². The Morgan fingerprint density at radius 1 is 0.489 bits per heavy atom. The molecule has 0 saturated carbocycles. The number of fused-ring (bicyclic) bond motifs is 1. The highest BCUT2D eigenvalue weighted by Gasteiger charge is 2.13. The Balaban J connectivity index is 1.21. The van der Waals surface area contributed by atoms with E-state index in [0.29, 0.717) is 12.2 Å². The van der Waals surface area contributed by atoms with Crippen LogP contribution in [-0.2, 0) is 13.0 Å². The van der Waals surface area contributed by atoms with E-state index in [1.807, 2.05) is 42.5 Å². The number of hydrogen-bond acceptors (Lipinski definition) is 2. The molecular weight excluding hydrogens is 569 g/mol. The van der Waals surface area contributed by atoms with Crippen LogP contribution in [0.4, 0.5) is 0 Å². The maximum Gasteiger partial charge on any atom is 0.0671 e. The summed E-state index contributed by atoms with van der Waals surface area (Å²) < 4.78 is 0. The first kappa shape index (κ1) is 29.7. The molecule has 0 aliphatic heterocycles. The molecule has 0 saturated heterocycles. The highest BCUT2D eigenvalue weighted by molar-refractivity contribution is 6.12. The van der Waals surface area contributed by atoms with Gasteiger partial charge >= 0.3 is 0 Å². The molecule has 2 N–H and O–H groups in total. The van der Waals surface area contributed by atoms with E-state index in [2.05, 4.69) is 140 Å². The Bertz CT molecular complexity index is 2140. The van der Waals surface area contributed by atoms with Gasteiger partial charge in [-0.05, 0) is 73.3 Å². The van der Waals surface area contributed by atoms with Crippen LogP contribution >= 0.6 is 0 Å². The maximum atomic E-state index is 6.74. The molecule has 0 aromatic heterocycles. The lowest BCUT2D eigenvalue weighted by molar-refractivity contribution is 1.07. The van der Waals surface area contributed by atoms with Crippen LogP contribution in [-0.4, -0.2) is 5.71 Å². The van der Waals surface area contributed by atoms with Crippen LogP contribution in [0.3, 0.4) is 0 Å². The molecule has 0 unspecified atom stereocenters. The fourth-order valence-electron chi connectivity index (χ4n) is 6.11. The van der Waals surface area contributed by atoms with Gasteiger partial charge in [0.1, 0.15) is 0 Å². The summed E-state index contributed by atoms with van der Waals surface area (Å²) in [6, 6.07) is 61.9. The molecule has 0 radical (unpaired) electrons. The third-order valence-corrected chi connectivity index (χ3v) is 8.59. The Hall–Kier alpha value is -5.99. The minimum atomic E-state index is 0.589. The van der Waals surface area contributed by atoms with Crippen molar-refractivity contribution in [2.75, 3.05) is 0 Å². The van der Waals surface area contributed by atoms with E-state index >= 15 is 0 Å². The Kier molecular flexibility index (Phi) is 8.83. The van der Waals surface area contributed by atoms with Crippen molar-refractivity contribution < 1.29 is 0 Å². The quantitative estimate of drug-likeness (QED) is 0.164. The van der Waals surface area contributed by atoms with Crippen LogP contribution < -0.4 is 5.73 Å². The summed E-state index contributed by atoms with van der Waals surface area (Å²) in [5.41, 5.74) is 18.9. The highest BCUT2D eigenvalue weighted by atomic mass is 14.7. The smallest absolute Gasteiger partial charge is 0.0671 e. The monoisotopic (exact) mass is 604 g/mol. The van der Waals surface area contributed by atoms with E-state index in [1.165, 1.54) is 38.6 Å². The summed E-state index contributed by atoms with van der Waals surface area (Å²) in [4.78, 5) is 4.96. The minimum absolute atomic E-state index is 0.589. The molecule has 226 valence electrons. The van der Waals surface area contributed by atoms with E-state index < -0.39 is 0 Å². The number of nitrogens with zero attached hydrogens (tertiary/aromatic N) is 1. The van der Waals surface area contributed by atoms with E-state index in [-0.39, 0.29) is 0 Å². The lowest BCUT2D eigenvalue weighted by Crippen LogP contribution is -2.04. The lowest BCUT2D eigenvalue weighted by Gasteiger charge is -2.15. The van der Waals surface area contributed by atoms with Gasteiger partial charge in [0, 0.05) is 5.70 Å². The molecule has 2 heteroatoms. The van der Waals surface area contributed by atoms with Gasteiger partial charge in [0.15, 0.2) is 0 Å². The van der Waals surface area contributed by atoms with Crippen molar-refractivity contribution in [3.63, 3.8) is 0 Å². The first-order valence-electron chi connectivity index (χ1n) is 16.1. The molecule has 7 aromatic rings. The zero-order valence-electron chi connectivity index (χ0n) is 26.3. The normalized spacial score (nSPS) is 11.9. The molecule has 0 fully saturated rings. The second-order valence-corrected chi connectivity index (χ2v) is 11.8. The van der Waals surface area contributed by atoms with E-state index in [4.69, 9.17) is 10.7 Å². The van der Waals surface area contributed by atoms with Gasteiger partial charge in [0.25, 0.3) is 0 Å².